The summed E-state index contributed by atoms with van der Waals surface area (Å²) in [7, 11) is 0. The van der Waals surface area contributed by atoms with Crippen molar-refractivity contribution in [2.75, 3.05) is 0 Å². The second-order valence-corrected chi connectivity index (χ2v) is 6.24. The van der Waals surface area contributed by atoms with E-state index in [0.29, 0.717) is 16.1 Å². The summed E-state index contributed by atoms with van der Waals surface area (Å²) in [6.07, 6.45) is -2.50. The molecule has 3 rings (SSSR count). The Balaban J connectivity index is 2.07. The fourth-order valence-electron chi connectivity index (χ4n) is 2.60. The molecule has 1 heterocycles. The largest absolute Gasteiger partial charge is 0.472 e. The third-order valence-electron chi connectivity index (χ3n) is 4.09. The van der Waals surface area contributed by atoms with Crippen LogP contribution in [0.25, 0.3) is 6.08 Å². The Morgan fingerprint density at radius 3 is 2.42 bits per heavy atom. The van der Waals surface area contributed by atoms with Crippen molar-refractivity contribution >= 4 is 17.7 Å². The normalized spacial score (nSPS) is 18.5. The molecule has 0 spiro atoms. The van der Waals surface area contributed by atoms with E-state index < -0.39 is 17.6 Å². The molecule has 1 nitrogen and oxygen atoms in total. The molecule has 2 aromatic carbocycles. The number of benzene rings is 2. The van der Waals surface area contributed by atoms with Crippen LogP contribution in [0.2, 0.25) is 5.02 Å². The molecule has 0 N–H and O–H groups in total. The van der Waals surface area contributed by atoms with E-state index in [1.165, 1.54) is 49.4 Å². The fraction of sp³-hybridized carbons (Fsp3) is 0.200. The fourth-order valence-corrected chi connectivity index (χ4v) is 2.83. The van der Waals surface area contributed by atoms with E-state index in [9.17, 15) is 17.6 Å². The van der Waals surface area contributed by atoms with Gasteiger partial charge >= 0.3 is 6.18 Å². The van der Waals surface area contributed by atoms with Crippen molar-refractivity contribution in [1.82, 2.24) is 0 Å². The van der Waals surface area contributed by atoms with Crippen LogP contribution in [0.4, 0.5) is 17.6 Å². The monoisotopic (exact) mass is 380 g/mol. The van der Waals surface area contributed by atoms with Crippen molar-refractivity contribution in [3.05, 3.63) is 70.0 Å². The summed E-state index contributed by atoms with van der Waals surface area (Å²) >= 11 is 6.05. The molecule has 0 aliphatic carbocycles. The van der Waals surface area contributed by atoms with E-state index in [1.54, 1.807) is 0 Å². The van der Waals surface area contributed by atoms with Crippen LogP contribution in [0.5, 0.6) is 5.75 Å². The van der Waals surface area contributed by atoms with Gasteiger partial charge in [-0.1, -0.05) is 36.4 Å². The third kappa shape index (κ3) is 3.42. The SMILES string of the molecule is CCC1(C(F)(F)F)C=Cc2cc(Cl)cc(C#Cc3ccc(F)cc3)c2O1. The van der Waals surface area contributed by atoms with E-state index in [4.69, 9.17) is 16.3 Å². The molecule has 0 fully saturated rings. The van der Waals surface area contributed by atoms with Crippen molar-refractivity contribution in [2.24, 2.45) is 0 Å². The Labute approximate surface area is 153 Å². The van der Waals surface area contributed by atoms with Gasteiger partial charge in [0.05, 0.1) is 5.56 Å². The zero-order valence-electron chi connectivity index (χ0n) is 13.6. The number of hydrogen-bond acceptors (Lipinski definition) is 1. The van der Waals surface area contributed by atoms with Crippen molar-refractivity contribution in [1.29, 1.82) is 0 Å². The smallest absolute Gasteiger partial charge is 0.432 e. The topological polar surface area (TPSA) is 9.23 Å². The Bertz CT molecular complexity index is 920. The number of hydrogen-bond donors (Lipinski definition) is 0. The molecule has 134 valence electrons. The first-order valence-electron chi connectivity index (χ1n) is 7.80. The summed E-state index contributed by atoms with van der Waals surface area (Å²) in [5.74, 6) is 5.20. The van der Waals surface area contributed by atoms with Gasteiger partial charge in [0.25, 0.3) is 0 Å². The highest BCUT2D eigenvalue weighted by Crippen LogP contribution is 2.44. The molecule has 0 radical (unpaired) electrons. The van der Waals surface area contributed by atoms with Gasteiger partial charge in [0.1, 0.15) is 11.6 Å². The molecule has 0 saturated heterocycles. The van der Waals surface area contributed by atoms with Crippen LogP contribution in [0.1, 0.15) is 30.0 Å². The molecule has 0 aromatic heterocycles. The number of ether oxygens (including phenoxy) is 1. The molecule has 26 heavy (non-hydrogen) atoms. The summed E-state index contributed by atoms with van der Waals surface area (Å²) in [6.45, 7) is 1.41. The van der Waals surface area contributed by atoms with Gasteiger partial charge in [0, 0.05) is 16.1 Å². The molecule has 2 aromatic rings. The van der Waals surface area contributed by atoms with Crippen LogP contribution < -0.4 is 4.74 Å². The maximum Gasteiger partial charge on any atom is 0.432 e. The first-order chi connectivity index (χ1) is 12.2. The van der Waals surface area contributed by atoms with Crippen LogP contribution in [-0.2, 0) is 0 Å². The lowest BCUT2D eigenvalue weighted by Gasteiger charge is -2.36. The zero-order chi connectivity index (χ0) is 18.9. The van der Waals surface area contributed by atoms with Gasteiger partial charge in [-0.05, 0) is 48.9 Å². The second-order valence-electron chi connectivity index (χ2n) is 5.80. The highest BCUT2D eigenvalue weighted by Gasteiger charge is 2.55. The number of rotatable bonds is 1. The quantitative estimate of drug-likeness (QED) is 0.436. The minimum Gasteiger partial charge on any atom is -0.472 e. The van der Waals surface area contributed by atoms with E-state index in [2.05, 4.69) is 11.8 Å². The van der Waals surface area contributed by atoms with Gasteiger partial charge in [-0.3, -0.25) is 0 Å². The van der Waals surface area contributed by atoms with E-state index >= 15 is 0 Å². The van der Waals surface area contributed by atoms with Gasteiger partial charge in [-0.25, -0.2) is 4.39 Å². The van der Waals surface area contributed by atoms with Crippen LogP contribution in [0.15, 0.2) is 42.5 Å². The Kier molecular flexibility index (Phi) is 4.72. The predicted molar refractivity (Wildman–Crippen MR) is 92.6 cm³/mol. The molecule has 1 aliphatic heterocycles. The molecule has 1 atom stereocenters. The first kappa shape index (κ1) is 18.3. The van der Waals surface area contributed by atoms with Crippen LogP contribution >= 0.6 is 11.6 Å². The molecule has 0 amide bonds. The Hall–Kier alpha value is -2.45. The zero-order valence-corrected chi connectivity index (χ0v) is 14.4. The third-order valence-corrected chi connectivity index (χ3v) is 4.31. The standard InChI is InChI=1S/C20H13ClF4O/c1-2-19(20(23,24)25)10-9-15-12-16(21)11-14(18(15)26-19)6-3-13-4-7-17(22)8-5-13/h4-5,7-12H,2H2,1H3. The van der Waals surface area contributed by atoms with Crippen LogP contribution in [-0.4, -0.2) is 11.8 Å². The van der Waals surface area contributed by atoms with Gasteiger partial charge in [0.2, 0.25) is 5.60 Å². The van der Waals surface area contributed by atoms with Gasteiger partial charge in [-0.2, -0.15) is 13.2 Å². The second kappa shape index (κ2) is 6.69. The molecule has 0 saturated carbocycles. The maximum atomic E-state index is 13.5. The molecule has 0 bridgehead atoms. The minimum absolute atomic E-state index is 0.0330. The van der Waals surface area contributed by atoms with Gasteiger partial charge < -0.3 is 4.74 Å². The van der Waals surface area contributed by atoms with Gasteiger partial charge in [-0.15, -0.1) is 0 Å². The van der Waals surface area contributed by atoms with Crippen LogP contribution in [0, 0.1) is 17.7 Å². The van der Waals surface area contributed by atoms with E-state index in [1.807, 2.05) is 0 Å². The van der Waals surface area contributed by atoms with Crippen molar-refractivity contribution in [2.45, 2.75) is 25.1 Å². The summed E-state index contributed by atoms with van der Waals surface area (Å²) in [5, 5.41) is 0.330. The van der Waals surface area contributed by atoms with Gasteiger partial charge in [0.15, 0.2) is 0 Å². The Morgan fingerprint density at radius 2 is 1.81 bits per heavy atom. The average molecular weight is 381 g/mol. The molecule has 1 aliphatic rings. The summed E-state index contributed by atoms with van der Waals surface area (Å²) in [4.78, 5) is 0. The number of fused-ring (bicyclic) bond motifs is 1. The number of alkyl halides is 3. The maximum absolute atomic E-state index is 13.5. The summed E-state index contributed by atoms with van der Waals surface area (Å²) < 4.78 is 58.9. The highest BCUT2D eigenvalue weighted by atomic mass is 35.5. The highest BCUT2D eigenvalue weighted by molar-refractivity contribution is 6.31. The molecule has 6 heteroatoms. The molecular formula is C20H13ClF4O. The molecule has 1 unspecified atom stereocenters. The minimum atomic E-state index is -4.57. The van der Waals surface area contributed by atoms with Crippen molar-refractivity contribution in [3.8, 4) is 17.6 Å². The van der Waals surface area contributed by atoms with E-state index in [-0.39, 0.29) is 17.7 Å². The van der Waals surface area contributed by atoms with E-state index in [0.717, 1.165) is 6.08 Å². The lowest BCUT2D eigenvalue weighted by atomic mass is 9.93. The average Bonchev–Trinajstić information content (AvgIpc) is 2.59. The van der Waals surface area contributed by atoms with Crippen LogP contribution in [0.3, 0.4) is 0 Å². The summed E-state index contributed by atoms with van der Waals surface area (Å²) in [6, 6.07) is 8.43. The van der Waals surface area contributed by atoms with Crippen molar-refractivity contribution < 1.29 is 22.3 Å². The molecular weight excluding hydrogens is 368 g/mol. The summed E-state index contributed by atoms with van der Waals surface area (Å²) in [5.41, 5.74) is -1.22. The first-order valence-corrected chi connectivity index (χ1v) is 8.18. The number of halogens is 5. The lowest BCUT2D eigenvalue weighted by Crippen LogP contribution is -2.49. The van der Waals surface area contributed by atoms with Crippen molar-refractivity contribution in [3.63, 3.8) is 0 Å². The predicted octanol–water partition coefficient (Wildman–Crippen LogP) is 6.00. The Morgan fingerprint density at radius 1 is 1.12 bits per heavy atom. The lowest BCUT2D eigenvalue weighted by molar-refractivity contribution is -0.230.